The van der Waals surface area contributed by atoms with Crippen molar-refractivity contribution in [3.8, 4) is 11.4 Å². The van der Waals surface area contributed by atoms with Gasteiger partial charge in [0, 0.05) is 16.5 Å². The van der Waals surface area contributed by atoms with Crippen molar-refractivity contribution in [1.29, 1.82) is 0 Å². The average molecular weight is 404 g/mol. The molecule has 154 valence electrons. The first-order valence-electron chi connectivity index (χ1n) is 10.3. The first kappa shape index (κ1) is 19.0. The highest BCUT2D eigenvalue weighted by Gasteiger charge is 2.50. The number of carbonyl (C=O) groups excluding carboxylic acids is 1. The summed E-state index contributed by atoms with van der Waals surface area (Å²) >= 11 is 0. The number of carbonyl (C=O) groups is 1. The van der Waals surface area contributed by atoms with Crippen LogP contribution in [0, 0.1) is 0 Å². The number of pyridine rings is 2. The zero-order valence-electron chi connectivity index (χ0n) is 17.6. The summed E-state index contributed by atoms with van der Waals surface area (Å²) in [5.74, 6) is -0.443. The van der Waals surface area contributed by atoms with Gasteiger partial charge in [-0.3, -0.25) is 4.79 Å². The van der Waals surface area contributed by atoms with E-state index in [9.17, 15) is 9.59 Å². The third kappa shape index (κ3) is 2.63. The van der Waals surface area contributed by atoms with Crippen molar-refractivity contribution in [1.82, 2.24) is 9.55 Å². The highest BCUT2D eigenvalue weighted by molar-refractivity contribution is 5.86. The maximum absolute atomic E-state index is 13.4. The lowest BCUT2D eigenvalue weighted by Gasteiger charge is -2.40. The lowest BCUT2D eigenvalue weighted by atomic mass is 9.84. The molecular formula is C24H24N2O4. The molecule has 0 unspecified atom stereocenters. The molecule has 0 fully saturated rings. The standard InChI is InChI=1S/C24H24N2O4/c1-5-24(30-23(2,3)4)17-11-19-20-15(10-14-8-6-7-9-18(14)25-20)12-26(19)21(27)16(17)13-29-22(24)28/h6-11H,5,12-13H2,1-4H3/t24-/m1/s1. The number of nitrogens with zero attached hydrogens (tertiary/aromatic N) is 2. The number of rotatable bonds is 2. The van der Waals surface area contributed by atoms with Gasteiger partial charge in [0.2, 0.25) is 0 Å². The Kier molecular flexibility index (Phi) is 3.96. The number of fused-ring (bicyclic) bond motifs is 5. The monoisotopic (exact) mass is 404 g/mol. The number of cyclic esters (lactones) is 1. The summed E-state index contributed by atoms with van der Waals surface area (Å²) in [7, 11) is 0. The van der Waals surface area contributed by atoms with Crippen LogP contribution in [0.3, 0.4) is 0 Å². The van der Waals surface area contributed by atoms with Gasteiger partial charge >= 0.3 is 5.97 Å². The van der Waals surface area contributed by atoms with Crippen molar-refractivity contribution in [2.75, 3.05) is 0 Å². The van der Waals surface area contributed by atoms with E-state index >= 15 is 0 Å². The summed E-state index contributed by atoms with van der Waals surface area (Å²) in [6, 6.07) is 11.9. The van der Waals surface area contributed by atoms with Gasteiger partial charge < -0.3 is 14.0 Å². The average Bonchev–Trinajstić information content (AvgIpc) is 3.06. The second-order valence-corrected chi connectivity index (χ2v) is 8.97. The SMILES string of the molecule is CC[C@]1(OC(C)(C)C)C(=O)OCc2c1cc1n(c2=O)Cc2cc3ccccc3nc2-1. The lowest BCUT2D eigenvalue weighted by molar-refractivity contribution is -0.200. The van der Waals surface area contributed by atoms with E-state index in [-0.39, 0.29) is 12.2 Å². The Morgan fingerprint density at radius 3 is 2.70 bits per heavy atom. The fraction of sp³-hybridized carbons (Fsp3) is 0.375. The smallest absolute Gasteiger partial charge is 0.343 e. The topological polar surface area (TPSA) is 70.4 Å². The summed E-state index contributed by atoms with van der Waals surface area (Å²) in [4.78, 5) is 31.2. The predicted molar refractivity (Wildman–Crippen MR) is 113 cm³/mol. The van der Waals surface area contributed by atoms with Crippen LogP contribution in [0.4, 0.5) is 0 Å². The van der Waals surface area contributed by atoms with Crippen LogP contribution in [-0.2, 0) is 33.0 Å². The molecule has 4 heterocycles. The molecule has 3 aromatic rings. The molecule has 2 aliphatic rings. The first-order valence-corrected chi connectivity index (χ1v) is 10.3. The molecule has 0 saturated heterocycles. The Balaban J connectivity index is 1.78. The molecule has 0 bridgehead atoms. The Labute approximate surface area is 174 Å². The fourth-order valence-electron chi connectivity index (χ4n) is 4.61. The minimum Gasteiger partial charge on any atom is -0.458 e. The first-order chi connectivity index (χ1) is 14.2. The predicted octanol–water partition coefficient (Wildman–Crippen LogP) is 3.90. The molecule has 0 N–H and O–H groups in total. The van der Waals surface area contributed by atoms with Gasteiger partial charge in [-0.2, -0.15) is 0 Å². The van der Waals surface area contributed by atoms with Crippen LogP contribution in [0.15, 0.2) is 41.2 Å². The Morgan fingerprint density at radius 2 is 1.97 bits per heavy atom. The third-order valence-electron chi connectivity index (χ3n) is 5.86. The molecule has 0 saturated carbocycles. The quantitative estimate of drug-likeness (QED) is 0.474. The van der Waals surface area contributed by atoms with Gasteiger partial charge in [-0.25, -0.2) is 9.78 Å². The normalized spacial score (nSPS) is 19.9. The molecule has 0 spiro atoms. The van der Waals surface area contributed by atoms with Crippen LogP contribution < -0.4 is 5.56 Å². The molecule has 30 heavy (non-hydrogen) atoms. The molecule has 0 amide bonds. The molecular weight excluding hydrogens is 380 g/mol. The van der Waals surface area contributed by atoms with E-state index in [4.69, 9.17) is 14.5 Å². The number of aromatic nitrogens is 2. The van der Waals surface area contributed by atoms with E-state index in [1.54, 1.807) is 4.57 Å². The van der Waals surface area contributed by atoms with Crippen molar-refractivity contribution in [3.63, 3.8) is 0 Å². The number of hydrogen-bond donors (Lipinski definition) is 0. The largest absolute Gasteiger partial charge is 0.458 e. The van der Waals surface area contributed by atoms with E-state index in [2.05, 4.69) is 6.07 Å². The summed E-state index contributed by atoms with van der Waals surface area (Å²) in [5, 5.41) is 1.04. The zero-order chi connectivity index (χ0) is 21.3. The van der Waals surface area contributed by atoms with E-state index in [1.165, 1.54) is 0 Å². The van der Waals surface area contributed by atoms with Crippen LogP contribution in [0.1, 0.15) is 50.8 Å². The Morgan fingerprint density at radius 1 is 1.20 bits per heavy atom. The number of benzene rings is 1. The summed E-state index contributed by atoms with van der Waals surface area (Å²) in [6.07, 6.45) is 0.372. The van der Waals surface area contributed by atoms with Gasteiger partial charge in [0.1, 0.15) is 6.61 Å². The number of ether oxygens (including phenoxy) is 2. The molecule has 0 radical (unpaired) electrons. The molecule has 1 atom stereocenters. The van der Waals surface area contributed by atoms with E-state index in [0.29, 0.717) is 24.1 Å². The maximum atomic E-state index is 13.4. The zero-order valence-corrected chi connectivity index (χ0v) is 17.6. The van der Waals surface area contributed by atoms with Gasteiger partial charge in [0.25, 0.3) is 5.56 Å². The highest BCUT2D eigenvalue weighted by Crippen LogP contribution is 2.42. The summed E-state index contributed by atoms with van der Waals surface area (Å²) in [6.45, 7) is 8.00. The minimum absolute atomic E-state index is 0.0335. The van der Waals surface area contributed by atoms with Crippen molar-refractivity contribution in [3.05, 3.63) is 63.4 Å². The van der Waals surface area contributed by atoms with Gasteiger partial charge in [-0.15, -0.1) is 0 Å². The number of esters is 1. The molecule has 6 heteroatoms. The van der Waals surface area contributed by atoms with E-state index in [1.807, 2.05) is 58.0 Å². The molecule has 2 aromatic heterocycles. The lowest BCUT2D eigenvalue weighted by Crippen LogP contribution is -2.49. The minimum atomic E-state index is -1.31. The van der Waals surface area contributed by atoms with Crippen molar-refractivity contribution >= 4 is 16.9 Å². The van der Waals surface area contributed by atoms with Crippen molar-refractivity contribution in [2.24, 2.45) is 0 Å². The number of para-hydroxylation sites is 1. The molecule has 1 aromatic carbocycles. The summed E-state index contributed by atoms with van der Waals surface area (Å²) < 4.78 is 13.5. The van der Waals surface area contributed by atoms with Gasteiger partial charge in [0.05, 0.1) is 34.6 Å². The Bertz CT molecular complexity index is 1270. The van der Waals surface area contributed by atoms with Crippen LogP contribution in [0.2, 0.25) is 0 Å². The van der Waals surface area contributed by atoms with Gasteiger partial charge in [-0.1, -0.05) is 25.1 Å². The molecule has 5 rings (SSSR count). The van der Waals surface area contributed by atoms with Gasteiger partial charge in [-0.05, 0) is 45.4 Å². The highest BCUT2D eigenvalue weighted by atomic mass is 16.6. The Hall–Kier alpha value is -2.99. The molecule has 0 aliphatic carbocycles. The van der Waals surface area contributed by atoms with Crippen LogP contribution >= 0.6 is 0 Å². The van der Waals surface area contributed by atoms with Crippen LogP contribution in [0.25, 0.3) is 22.3 Å². The van der Waals surface area contributed by atoms with E-state index < -0.39 is 17.2 Å². The van der Waals surface area contributed by atoms with Crippen LogP contribution in [0.5, 0.6) is 0 Å². The van der Waals surface area contributed by atoms with Crippen molar-refractivity contribution < 1.29 is 14.3 Å². The molecule has 6 nitrogen and oxygen atoms in total. The van der Waals surface area contributed by atoms with Gasteiger partial charge in [0.15, 0.2) is 5.60 Å². The fourth-order valence-corrected chi connectivity index (χ4v) is 4.61. The number of hydrogen-bond acceptors (Lipinski definition) is 5. The molecule has 2 aliphatic heterocycles. The van der Waals surface area contributed by atoms with Crippen molar-refractivity contribution in [2.45, 2.75) is 58.5 Å². The second kappa shape index (κ2) is 6.25. The second-order valence-electron chi connectivity index (χ2n) is 8.97. The third-order valence-corrected chi connectivity index (χ3v) is 5.86. The summed E-state index contributed by atoms with van der Waals surface area (Å²) in [5.41, 5.74) is 2.44. The van der Waals surface area contributed by atoms with Crippen LogP contribution in [-0.4, -0.2) is 21.1 Å². The maximum Gasteiger partial charge on any atom is 0.343 e. The van der Waals surface area contributed by atoms with E-state index in [0.717, 1.165) is 27.9 Å².